The van der Waals surface area contributed by atoms with Gasteiger partial charge in [0.1, 0.15) is 6.61 Å². The number of H-pyrrole nitrogens is 1. The van der Waals surface area contributed by atoms with Crippen molar-refractivity contribution in [1.29, 1.82) is 0 Å². The summed E-state index contributed by atoms with van der Waals surface area (Å²) in [5, 5.41) is 10.9. The lowest BCUT2D eigenvalue weighted by Gasteiger charge is -2.09. The van der Waals surface area contributed by atoms with Crippen LogP contribution >= 0.6 is 0 Å². The molecule has 0 aliphatic heterocycles. The average molecular weight is 283 g/mol. The molecule has 0 saturated heterocycles. The van der Waals surface area contributed by atoms with E-state index in [4.69, 9.17) is 9.84 Å². The molecule has 1 aromatic rings. The molecule has 0 saturated carbocycles. The Morgan fingerprint density at radius 3 is 2.70 bits per heavy atom. The van der Waals surface area contributed by atoms with Crippen LogP contribution in [0.15, 0.2) is 4.79 Å². The van der Waals surface area contributed by atoms with E-state index in [2.05, 4.69) is 15.3 Å². The molecule has 0 bridgehead atoms. The standard InChI is InChI=1S/C12H17N3O5/c1-7-9(8(2)15-12(19)14-7)5-10(16)13-3-4-20-6-11(17)18/h3-6H2,1-2H3,(H,13,16)(H,17,18)(H,14,15,19). The number of amides is 1. The number of carboxylic acid groups (broad SMARTS) is 1. The van der Waals surface area contributed by atoms with E-state index in [1.54, 1.807) is 13.8 Å². The number of ether oxygens (including phenoxy) is 1. The monoisotopic (exact) mass is 283 g/mol. The van der Waals surface area contributed by atoms with Crippen LogP contribution in [-0.2, 0) is 20.7 Å². The number of aliphatic carboxylic acids is 1. The average Bonchev–Trinajstić information content (AvgIpc) is 2.33. The minimum atomic E-state index is -1.05. The quantitative estimate of drug-likeness (QED) is 0.560. The molecule has 1 rings (SSSR count). The summed E-state index contributed by atoms with van der Waals surface area (Å²) >= 11 is 0. The van der Waals surface area contributed by atoms with Crippen molar-refractivity contribution in [3.63, 3.8) is 0 Å². The van der Waals surface area contributed by atoms with Gasteiger partial charge < -0.3 is 20.1 Å². The molecule has 0 aromatic carbocycles. The Morgan fingerprint density at radius 1 is 1.40 bits per heavy atom. The molecule has 20 heavy (non-hydrogen) atoms. The summed E-state index contributed by atoms with van der Waals surface area (Å²) < 4.78 is 4.78. The summed E-state index contributed by atoms with van der Waals surface area (Å²) in [6, 6.07) is 0. The lowest BCUT2D eigenvalue weighted by molar-refractivity contribution is -0.142. The van der Waals surface area contributed by atoms with E-state index in [0.717, 1.165) is 0 Å². The topological polar surface area (TPSA) is 121 Å². The zero-order valence-corrected chi connectivity index (χ0v) is 11.4. The van der Waals surface area contributed by atoms with Crippen molar-refractivity contribution >= 4 is 11.9 Å². The maximum Gasteiger partial charge on any atom is 0.345 e. The molecule has 110 valence electrons. The number of carbonyl (C=O) groups is 2. The molecule has 8 heteroatoms. The van der Waals surface area contributed by atoms with Crippen molar-refractivity contribution < 1.29 is 19.4 Å². The second kappa shape index (κ2) is 7.39. The van der Waals surface area contributed by atoms with Crippen molar-refractivity contribution in [2.24, 2.45) is 0 Å². The summed E-state index contributed by atoms with van der Waals surface area (Å²) in [5.74, 6) is -1.30. The van der Waals surface area contributed by atoms with Crippen LogP contribution in [0.1, 0.15) is 17.0 Å². The summed E-state index contributed by atoms with van der Waals surface area (Å²) in [7, 11) is 0. The number of hydrogen-bond donors (Lipinski definition) is 3. The van der Waals surface area contributed by atoms with Gasteiger partial charge >= 0.3 is 11.7 Å². The van der Waals surface area contributed by atoms with Gasteiger partial charge in [-0.2, -0.15) is 4.98 Å². The zero-order valence-electron chi connectivity index (χ0n) is 11.4. The van der Waals surface area contributed by atoms with Crippen LogP contribution in [-0.4, -0.2) is 46.7 Å². The molecule has 0 unspecified atom stereocenters. The Labute approximate surface area is 115 Å². The number of nitrogens with zero attached hydrogens (tertiary/aromatic N) is 1. The smallest absolute Gasteiger partial charge is 0.345 e. The van der Waals surface area contributed by atoms with E-state index >= 15 is 0 Å². The molecular weight excluding hydrogens is 266 g/mol. The first kappa shape index (κ1) is 15.8. The highest BCUT2D eigenvalue weighted by Gasteiger charge is 2.10. The van der Waals surface area contributed by atoms with Gasteiger partial charge in [-0.15, -0.1) is 0 Å². The van der Waals surface area contributed by atoms with Gasteiger partial charge in [-0.3, -0.25) is 4.79 Å². The predicted molar refractivity (Wildman–Crippen MR) is 69.5 cm³/mol. The molecule has 0 fully saturated rings. The van der Waals surface area contributed by atoms with Crippen molar-refractivity contribution in [1.82, 2.24) is 15.3 Å². The second-order valence-electron chi connectivity index (χ2n) is 4.20. The van der Waals surface area contributed by atoms with Gasteiger partial charge in [-0.05, 0) is 13.8 Å². The third-order valence-electron chi connectivity index (χ3n) is 2.58. The minimum Gasteiger partial charge on any atom is -0.480 e. The van der Waals surface area contributed by atoms with Gasteiger partial charge in [0.2, 0.25) is 5.91 Å². The molecule has 1 amide bonds. The van der Waals surface area contributed by atoms with Gasteiger partial charge in [0, 0.05) is 23.5 Å². The van der Waals surface area contributed by atoms with Crippen molar-refractivity contribution in [2.75, 3.05) is 19.8 Å². The van der Waals surface area contributed by atoms with Crippen molar-refractivity contribution in [2.45, 2.75) is 20.3 Å². The number of hydrogen-bond acceptors (Lipinski definition) is 5. The summed E-state index contributed by atoms with van der Waals surface area (Å²) in [6.45, 7) is 3.33. The van der Waals surface area contributed by atoms with Crippen LogP contribution in [0.2, 0.25) is 0 Å². The van der Waals surface area contributed by atoms with Gasteiger partial charge in [0.15, 0.2) is 0 Å². The largest absolute Gasteiger partial charge is 0.480 e. The zero-order chi connectivity index (χ0) is 15.1. The van der Waals surface area contributed by atoms with E-state index in [1.807, 2.05) is 0 Å². The molecule has 1 heterocycles. The normalized spacial score (nSPS) is 10.3. The molecule has 0 spiro atoms. The van der Waals surface area contributed by atoms with Crippen LogP contribution < -0.4 is 11.0 Å². The Kier molecular flexibility index (Phi) is 5.85. The molecule has 3 N–H and O–H groups in total. The van der Waals surface area contributed by atoms with E-state index in [1.165, 1.54) is 0 Å². The Hall–Kier alpha value is -2.22. The highest BCUT2D eigenvalue weighted by Crippen LogP contribution is 2.07. The lowest BCUT2D eigenvalue weighted by Crippen LogP contribution is -2.30. The maximum atomic E-state index is 11.7. The number of aromatic amines is 1. The molecule has 0 atom stereocenters. The number of carbonyl (C=O) groups excluding carboxylic acids is 1. The maximum absolute atomic E-state index is 11.7. The minimum absolute atomic E-state index is 0.0976. The summed E-state index contributed by atoms with van der Waals surface area (Å²) in [4.78, 5) is 39.3. The molecule has 0 radical (unpaired) electrons. The van der Waals surface area contributed by atoms with Crippen LogP contribution in [0.4, 0.5) is 0 Å². The highest BCUT2D eigenvalue weighted by atomic mass is 16.5. The number of aromatic nitrogens is 2. The molecule has 8 nitrogen and oxygen atoms in total. The van der Waals surface area contributed by atoms with E-state index in [9.17, 15) is 14.4 Å². The van der Waals surface area contributed by atoms with E-state index < -0.39 is 18.3 Å². The fourth-order valence-electron chi connectivity index (χ4n) is 1.66. The summed E-state index contributed by atoms with van der Waals surface area (Å²) in [6.07, 6.45) is 0.0976. The Balaban J connectivity index is 2.43. The van der Waals surface area contributed by atoms with Crippen molar-refractivity contribution in [3.8, 4) is 0 Å². The third kappa shape index (κ3) is 5.19. The molecule has 1 aromatic heterocycles. The summed E-state index contributed by atoms with van der Waals surface area (Å²) in [5.41, 5.74) is 1.36. The SMILES string of the molecule is Cc1nc(=O)[nH]c(C)c1CC(=O)NCCOCC(=O)O. The fraction of sp³-hybridized carbons (Fsp3) is 0.500. The van der Waals surface area contributed by atoms with E-state index in [-0.39, 0.29) is 25.5 Å². The number of carboxylic acids is 1. The first-order valence-corrected chi connectivity index (χ1v) is 6.02. The van der Waals surface area contributed by atoms with Crippen LogP contribution in [0.5, 0.6) is 0 Å². The molecule has 0 aliphatic rings. The third-order valence-corrected chi connectivity index (χ3v) is 2.58. The van der Waals surface area contributed by atoms with Crippen molar-refractivity contribution in [3.05, 3.63) is 27.4 Å². The first-order valence-electron chi connectivity index (χ1n) is 6.02. The van der Waals surface area contributed by atoms with Gasteiger partial charge in [-0.1, -0.05) is 0 Å². The van der Waals surface area contributed by atoms with Crippen LogP contribution in [0.3, 0.4) is 0 Å². The Morgan fingerprint density at radius 2 is 2.10 bits per heavy atom. The van der Waals surface area contributed by atoms with Crippen LogP contribution in [0, 0.1) is 13.8 Å². The fourth-order valence-corrected chi connectivity index (χ4v) is 1.66. The van der Waals surface area contributed by atoms with Gasteiger partial charge in [0.25, 0.3) is 0 Å². The second-order valence-corrected chi connectivity index (χ2v) is 4.20. The number of rotatable bonds is 7. The number of nitrogens with one attached hydrogen (secondary N) is 2. The highest BCUT2D eigenvalue weighted by molar-refractivity contribution is 5.79. The predicted octanol–water partition coefficient (Wildman–Crippen LogP) is -0.853. The van der Waals surface area contributed by atoms with Crippen LogP contribution in [0.25, 0.3) is 0 Å². The Bertz CT molecular complexity index is 526. The molecular formula is C12H17N3O5. The van der Waals surface area contributed by atoms with Gasteiger partial charge in [0.05, 0.1) is 13.0 Å². The first-order chi connectivity index (χ1) is 9.40. The molecule has 0 aliphatic carbocycles. The lowest BCUT2D eigenvalue weighted by atomic mass is 10.1. The van der Waals surface area contributed by atoms with E-state index in [0.29, 0.717) is 17.0 Å². The number of aryl methyl sites for hydroxylation is 2. The van der Waals surface area contributed by atoms with Gasteiger partial charge in [-0.25, -0.2) is 9.59 Å².